The topological polar surface area (TPSA) is 80.1 Å². The van der Waals surface area contributed by atoms with Gasteiger partial charge in [-0.2, -0.15) is 5.10 Å². The third kappa shape index (κ3) is 4.36. The number of aromatic nitrogens is 3. The van der Waals surface area contributed by atoms with Crippen molar-refractivity contribution in [2.24, 2.45) is 0 Å². The van der Waals surface area contributed by atoms with Crippen LogP contribution in [0.25, 0.3) is 22.3 Å². The van der Waals surface area contributed by atoms with Crippen LogP contribution in [0.5, 0.6) is 0 Å². The van der Waals surface area contributed by atoms with E-state index in [2.05, 4.69) is 10.4 Å². The highest BCUT2D eigenvalue weighted by molar-refractivity contribution is 8.13. The summed E-state index contributed by atoms with van der Waals surface area (Å²) in [6, 6.07) is 18.8. The lowest BCUT2D eigenvalue weighted by Gasteiger charge is -2.14. The first-order valence-corrected chi connectivity index (χ1v) is 11.0. The molecule has 0 bridgehead atoms. The maximum absolute atomic E-state index is 13.4. The number of amides is 2. The van der Waals surface area contributed by atoms with Crippen molar-refractivity contribution in [3.8, 4) is 11.3 Å². The fraction of sp³-hybridized carbons (Fsp3) is 0.167. The summed E-state index contributed by atoms with van der Waals surface area (Å²) in [5.74, 6) is -0.282. The maximum Gasteiger partial charge on any atom is 0.286 e. The number of hydrogen-bond donors (Lipinski definition) is 1. The van der Waals surface area contributed by atoms with Gasteiger partial charge in [-0.1, -0.05) is 42.5 Å². The zero-order chi connectivity index (χ0) is 22.7. The first-order chi connectivity index (χ1) is 15.5. The average Bonchev–Trinajstić information content (AvgIpc) is 3.23. The van der Waals surface area contributed by atoms with Crippen molar-refractivity contribution in [2.45, 2.75) is 18.4 Å². The van der Waals surface area contributed by atoms with Crippen molar-refractivity contribution >= 4 is 39.6 Å². The van der Waals surface area contributed by atoms with Crippen LogP contribution in [0.3, 0.4) is 0 Å². The van der Waals surface area contributed by atoms with Gasteiger partial charge in [0.2, 0.25) is 0 Å². The molecule has 0 saturated carbocycles. The minimum absolute atomic E-state index is 0.117. The predicted molar refractivity (Wildman–Crippen MR) is 128 cm³/mol. The number of hydrogen-bond acceptors (Lipinski definition) is 5. The van der Waals surface area contributed by atoms with Crippen molar-refractivity contribution in [3.63, 3.8) is 0 Å². The van der Waals surface area contributed by atoms with E-state index >= 15 is 0 Å². The van der Waals surface area contributed by atoms with Crippen LogP contribution in [0.2, 0.25) is 0 Å². The van der Waals surface area contributed by atoms with E-state index in [4.69, 9.17) is 4.98 Å². The van der Waals surface area contributed by atoms with Crippen LogP contribution < -0.4 is 5.32 Å². The predicted octanol–water partition coefficient (Wildman–Crippen LogP) is 5.14. The molecular weight excluding hydrogens is 422 g/mol. The Bertz CT molecular complexity index is 1280. The van der Waals surface area contributed by atoms with Gasteiger partial charge in [0.25, 0.3) is 11.1 Å². The van der Waals surface area contributed by atoms with Crippen molar-refractivity contribution in [1.82, 2.24) is 19.7 Å². The smallest absolute Gasteiger partial charge is 0.286 e. The van der Waals surface area contributed by atoms with Gasteiger partial charge in [-0.05, 0) is 36.9 Å². The van der Waals surface area contributed by atoms with Crippen LogP contribution in [-0.4, -0.2) is 44.9 Å². The van der Waals surface area contributed by atoms with Gasteiger partial charge in [0.15, 0.2) is 5.65 Å². The number of carbonyl (C=O) groups is 2. The Morgan fingerprint density at radius 3 is 2.50 bits per heavy atom. The van der Waals surface area contributed by atoms with E-state index < -0.39 is 0 Å². The number of fused-ring (bicyclic) bond motifs is 1. The molecule has 2 aromatic heterocycles. The number of aryl methyl sites for hydroxylation is 1. The summed E-state index contributed by atoms with van der Waals surface area (Å²) in [6.07, 6.45) is 1.67. The van der Waals surface area contributed by atoms with E-state index in [9.17, 15) is 9.59 Å². The van der Waals surface area contributed by atoms with Gasteiger partial charge in [-0.3, -0.25) is 9.59 Å². The van der Waals surface area contributed by atoms with E-state index in [0.717, 1.165) is 17.3 Å². The molecule has 7 nitrogen and oxygen atoms in total. The zero-order valence-electron chi connectivity index (χ0n) is 18.1. The van der Waals surface area contributed by atoms with Crippen molar-refractivity contribution in [1.29, 1.82) is 0 Å². The van der Waals surface area contributed by atoms with Gasteiger partial charge in [0.05, 0.1) is 28.5 Å². The van der Waals surface area contributed by atoms with E-state index in [0.29, 0.717) is 39.4 Å². The van der Waals surface area contributed by atoms with E-state index in [1.54, 1.807) is 37.1 Å². The molecule has 2 heterocycles. The molecule has 2 aromatic carbocycles. The number of pyridine rings is 1. The molecule has 4 aromatic rings. The van der Waals surface area contributed by atoms with Gasteiger partial charge < -0.3 is 10.2 Å². The molecule has 0 radical (unpaired) electrons. The molecule has 8 heteroatoms. The number of nitrogens with one attached hydrogen (secondary N) is 1. The second kappa shape index (κ2) is 9.23. The number of anilines is 1. The van der Waals surface area contributed by atoms with Crippen LogP contribution >= 0.6 is 11.8 Å². The van der Waals surface area contributed by atoms with Crippen LogP contribution in [-0.2, 0) is 6.54 Å². The normalized spacial score (nSPS) is 10.8. The summed E-state index contributed by atoms with van der Waals surface area (Å²) in [7, 11) is 3.39. The largest absolute Gasteiger partial charge is 0.339 e. The number of rotatable bonds is 5. The molecule has 4 rings (SSSR count). The molecule has 32 heavy (non-hydrogen) atoms. The molecule has 0 aliphatic carbocycles. The third-order valence-electron chi connectivity index (χ3n) is 4.92. The second-order valence-corrected chi connectivity index (χ2v) is 8.32. The highest BCUT2D eigenvalue weighted by Crippen LogP contribution is 2.30. The second-order valence-electron chi connectivity index (χ2n) is 7.33. The quantitative estimate of drug-likeness (QED) is 0.430. The Labute approximate surface area is 190 Å². The van der Waals surface area contributed by atoms with Gasteiger partial charge in [-0.15, -0.1) is 0 Å². The van der Waals surface area contributed by atoms with Gasteiger partial charge in [0.1, 0.15) is 0 Å². The zero-order valence-corrected chi connectivity index (χ0v) is 18.9. The molecule has 0 unspecified atom stereocenters. The Morgan fingerprint density at radius 2 is 1.78 bits per heavy atom. The number of benzene rings is 2. The highest BCUT2D eigenvalue weighted by atomic mass is 32.2. The summed E-state index contributed by atoms with van der Waals surface area (Å²) in [5.41, 5.74) is 3.33. The first-order valence-electron chi connectivity index (χ1n) is 10.2. The summed E-state index contributed by atoms with van der Waals surface area (Å²) in [5, 5.41) is 7.93. The summed E-state index contributed by atoms with van der Waals surface area (Å²) in [6.45, 7) is 2.63. The number of nitrogens with zero attached hydrogens (tertiary/aromatic N) is 4. The third-order valence-corrected chi connectivity index (χ3v) is 6.04. The number of para-hydroxylation sites is 1. The SMILES string of the molecule is CCn1ncc2c(C(=O)Nc3ccccc3SC(=O)N(C)C)cc(-c3ccccc3)nc21. The summed E-state index contributed by atoms with van der Waals surface area (Å²) >= 11 is 1.07. The number of carbonyl (C=O) groups excluding carboxylic acids is 2. The molecule has 1 N–H and O–H groups in total. The van der Waals surface area contributed by atoms with Crippen LogP contribution in [0.15, 0.2) is 71.8 Å². The number of thioether (sulfide) groups is 1. The molecule has 0 aliphatic rings. The Kier molecular flexibility index (Phi) is 6.23. The van der Waals surface area contributed by atoms with Crippen LogP contribution in [0, 0.1) is 0 Å². The van der Waals surface area contributed by atoms with E-state index in [1.165, 1.54) is 4.90 Å². The van der Waals surface area contributed by atoms with E-state index in [-0.39, 0.29) is 11.1 Å². The minimum Gasteiger partial charge on any atom is -0.339 e. The van der Waals surface area contributed by atoms with Crippen molar-refractivity contribution < 1.29 is 9.59 Å². The summed E-state index contributed by atoms with van der Waals surface area (Å²) < 4.78 is 1.78. The van der Waals surface area contributed by atoms with Crippen LogP contribution in [0.4, 0.5) is 10.5 Å². The molecule has 2 amide bonds. The lowest BCUT2D eigenvalue weighted by atomic mass is 10.1. The highest BCUT2D eigenvalue weighted by Gasteiger charge is 2.19. The van der Waals surface area contributed by atoms with Crippen molar-refractivity contribution in [2.75, 3.05) is 19.4 Å². The Hall–Kier alpha value is -3.65. The first kappa shape index (κ1) is 21.6. The lowest BCUT2D eigenvalue weighted by molar-refractivity contribution is 0.102. The fourth-order valence-corrected chi connectivity index (χ4v) is 4.00. The lowest BCUT2D eigenvalue weighted by Crippen LogP contribution is -2.17. The molecule has 0 fully saturated rings. The average molecular weight is 446 g/mol. The molecule has 0 spiro atoms. The molecule has 0 aliphatic heterocycles. The van der Waals surface area contributed by atoms with Gasteiger partial charge in [0, 0.05) is 31.1 Å². The maximum atomic E-state index is 13.4. The Balaban J connectivity index is 1.75. The van der Waals surface area contributed by atoms with E-state index in [1.807, 2.05) is 55.5 Å². The molecule has 0 saturated heterocycles. The molecule has 0 atom stereocenters. The molecular formula is C24H23N5O2S. The Morgan fingerprint density at radius 1 is 1.06 bits per heavy atom. The van der Waals surface area contributed by atoms with Gasteiger partial charge >= 0.3 is 0 Å². The monoisotopic (exact) mass is 445 g/mol. The summed E-state index contributed by atoms with van der Waals surface area (Å²) in [4.78, 5) is 32.5. The minimum atomic E-state index is -0.282. The fourth-order valence-electron chi connectivity index (χ4n) is 3.26. The standard InChI is InChI=1S/C24H23N5O2S/c1-4-29-22-18(15-25-29)17(14-20(26-22)16-10-6-5-7-11-16)23(30)27-19-12-8-9-13-21(19)32-24(31)28(2)3/h5-15H,4H2,1-3H3,(H,27,30). The molecule has 162 valence electrons. The van der Waals surface area contributed by atoms with Crippen molar-refractivity contribution in [3.05, 3.63) is 72.4 Å². The van der Waals surface area contributed by atoms with Gasteiger partial charge in [-0.25, -0.2) is 9.67 Å². The van der Waals surface area contributed by atoms with Crippen LogP contribution in [0.1, 0.15) is 17.3 Å².